The molecule has 3 heteroatoms. The van der Waals surface area contributed by atoms with Crippen molar-refractivity contribution in [3.05, 3.63) is 28.8 Å². The second kappa shape index (κ2) is 4.83. The lowest BCUT2D eigenvalue weighted by atomic mass is 9.90. The van der Waals surface area contributed by atoms with Crippen molar-refractivity contribution in [2.75, 3.05) is 20.1 Å². The van der Waals surface area contributed by atoms with Gasteiger partial charge >= 0.3 is 0 Å². The third-order valence-electron chi connectivity index (χ3n) is 4.01. The number of nitrogens with zero attached hydrogens (tertiary/aromatic N) is 1. The normalized spacial score (nSPS) is 26.1. The fourth-order valence-electron chi connectivity index (χ4n) is 2.91. The average Bonchev–Trinajstić information content (AvgIpc) is 2.72. The molecule has 17 heavy (non-hydrogen) atoms. The maximum Gasteiger partial charge on any atom is 0.0409 e. The van der Waals surface area contributed by atoms with Gasteiger partial charge in [-0.05, 0) is 69.1 Å². The minimum Gasteiger partial charge on any atom is -0.306 e. The van der Waals surface area contributed by atoms with Crippen LogP contribution in [0.4, 0.5) is 0 Å². The Kier molecular flexibility index (Phi) is 3.38. The zero-order chi connectivity index (χ0) is 11.8. The first-order valence-corrected chi connectivity index (χ1v) is 7.62. The van der Waals surface area contributed by atoms with Gasteiger partial charge in [-0.15, -0.1) is 11.8 Å². The van der Waals surface area contributed by atoms with Gasteiger partial charge in [-0.1, -0.05) is 11.6 Å². The number of halogens is 1. The van der Waals surface area contributed by atoms with Gasteiger partial charge < -0.3 is 4.90 Å². The Balaban J connectivity index is 1.69. The zero-order valence-corrected chi connectivity index (χ0v) is 11.7. The Morgan fingerprint density at radius 2 is 2.06 bits per heavy atom. The summed E-state index contributed by atoms with van der Waals surface area (Å²) in [5, 5.41) is 1.67. The lowest BCUT2D eigenvalue weighted by Crippen LogP contribution is -2.34. The van der Waals surface area contributed by atoms with Crippen LogP contribution in [0.3, 0.4) is 0 Å². The predicted molar refractivity (Wildman–Crippen MR) is 75.0 cm³/mol. The number of hydrogen-bond acceptors (Lipinski definition) is 2. The lowest BCUT2D eigenvalue weighted by Gasteiger charge is -2.32. The molecule has 92 valence electrons. The Morgan fingerprint density at radius 3 is 2.82 bits per heavy atom. The summed E-state index contributed by atoms with van der Waals surface area (Å²) in [6, 6.07) is 6.36. The molecule has 0 radical (unpaired) electrons. The van der Waals surface area contributed by atoms with Crippen LogP contribution < -0.4 is 0 Å². The van der Waals surface area contributed by atoms with Crippen molar-refractivity contribution >= 4 is 23.4 Å². The monoisotopic (exact) mass is 267 g/mol. The molecule has 0 N–H and O–H groups in total. The number of fused-ring (bicyclic) bond motifs is 1. The van der Waals surface area contributed by atoms with Crippen molar-refractivity contribution in [2.24, 2.45) is 5.92 Å². The summed E-state index contributed by atoms with van der Waals surface area (Å²) < 4.78 is 0. The van der Waals surface area contributed by atoms with Crippen LogP contribution in [0, 0.1) is 5.92 Å². The van der Waals surface area contributed by atoms with Gasteiger partial charge in [0.1, 0.15) is 0 Å². The van der Waals surface area contributed by atoms with Crippen LogP contribution in [0.1, 0.15) is 18.4 Å². The summed E-state index contributed by atoms with van der Waals surface area (Å²) >= 11 is 8.14. The van der Waals surface area contributed by atoms with Crippen molar-refractivity contribution in [1.82, 2.24) is 4.90 Å². The largest absolute Gasteiger partial charge is 0.306 e. The van der Waals surface area contributed by atoms with E-state index in [4.69, 9.17) is 11.6 Å². The summed E-state index contributed by atoms with van der Waals surface area (Å²) in [6.45, 7) is 2.53. The smallest absolute Gasteiger partial charge is 0.0409 e. The van der Waals surface area contributed by atoms with E-state index in [9.17, 15) is 0 Å². The van der Waals surface area contributed by atoms with Gasteiger partial charge in [0, 0.05) is 15.2 Å². The molecule has 0 bridgehead atoms. The topological polar surface area (TPSA) is 3.24 Å². The van der Waals surface area contributed by atoms with Crippen LogP contribution in [0.15, 0.2) is 23.1 Å². The first-order chi connectivity index (χ1) is 8.22. The predicted octanol–water partition coefficient (Wildman–Crippen LogP) is 3.70. The SMILES string of the molecule is CN1CCC(C2Cc3cc(Cl)ccc3S2)CC1. The van der Waals surface area contributed by atoms with E-state index in [0.29, 0.717) is 0 Å². The van der Waals surface area contributed by atoms with Crippen molar-refractivity contribution in [3.63, 3.8) is 0 Å². The molecule has 2 aliphatic rings. The summed E-state index contributed by atoms with van der Waals surface area (Å²) in [5.74, 6) is 0.891. The van der Waals surface area contributed by atoms with E-state index in [1.54, 1.807) is 0 Å². The standard InChI is InChI=1S/C14H18ClNS/c1-16-6-4-10(5-7-16)14-9-11-8-12(15)2-3-13(11)17-14/h2-3,8,10,14H,4-7,9H2,1H3. The number of hydrogen-bond donors (Lipinski definition) is 0. The summed E-state index contributed by atoms with van der Waals surface area (Å²) in [7, 11) is 2.23. The van der Waals surface area contributed by atoms with E-state index >= 15 is 0 Å². The molecule has 1 unspecified atom stereocenters. The van der Waals surface area contributed by atoms with E-state index in [-0.39, 0.29) is 0 Å². The molecule has 1 fully saturated rings. The minimum absolute atomic E-state index is 0.789. The molecule has 0 aromatic heterocycles. The van der Waals surface area contributed by atoms with E-state index < -0.39 is 0 Å². The van der Waals surface area contributed by atoms with Crippen molar-refractivity contribution in [3.8, 4) is 0 Å². The maximum atomic E-state index is 6.06. The molecule has 0 saturated carbocycles. The summed E-state index contributed by atoms with van der Waals surface area (Å²) in [5.41, 5.74) is 1.46. The van der Waals surface area contributed by atoms with Crippen molar-refractivity contribution in [1.29, 1.82) is 0 Å². The first kappa shape index (κ1) is 11.9. The van der Waals surface area contributed by atoms with E-state index in [2.05, 4.69) is 35.8 Å². The Labute approximate surface area is 113 Å². The van der Waals surface area contributed by atoms with Crippen molar-refractivity contribution < 1.29 is 0 Å². The third-order valence-corrected chi connectivity index (χ3v) is 5.75. The minimum atomic E-state index is 0.789. The zero-order valence-electron chi connectivity index (χ0n) is 10.2. The summed E-state index contributed by atoms with van der Waals surface area (Å²) in [4.78, 5) is 3.90. The van der Waals surface area contributed by atoms with Crippen LogP contribution in [0.2, 0.25) is 5.02 Å². The van der Waals surface area contributed by atoms with Gasteiger partial charge in [0.25, 0.3) is 0 Å². The number of rotatable bonds is 1. The molecular formula is C14H18ClNS. The Bertz CT molecular complexity index is 413. The van der Waals surface area contributed by atoms with E-state index in [0.717, 1.165) is 16.2 Å². The first-order valence-electron chi connectivity index (χ1n) is 6.36. The number of likely N-dealkylation sites (tertiary alicyclic amines) is 1. The van der Waals surface area contributed by atoms with Crippen LogP contribution in [-0.4, -0.2) is 30.3 Å². The van der Waals surface area contributed by atoms with Crippen LogP contribution in [0.5, 0.6) is 0 Å². The molecule has 2 heterocycles. The van der Waals surface area contributed by atoms with Crippen LogP contribution in [-0.2, 0) is 6.42 Å². The van der Waals surface area contributed by atoms with Gasteiger partial charge in [-0.25, -0.2) is 0 Å². The molecule has 0 spiro atoms. The van der Waals surface area contributed by atoms with E-state index in [1.807, 2.05) is 6.07 Å². The van der Waals surface area contributed by atoms with Gasteiger partial charge in [-0.3, -0.25) is 0 Å². The molecule has 1 saturated heterocycles. The number of piperidine rings is 1. The molecule has 1 aromatic rings. The molecule has 0 amide bonds. The second-order valence-electron chi connectivity index (χ2n) is 5.25. The Hall–Kier alpha value is -0.180. The molecule has 2 aliphatic heterocycles. The fraction of sp³-hybridized carbons (Fsp3) is 0.571. The molecule has 0 aliphatic carbocycles. The van der Waals surface area contributed by atoms with Crippen LogP contribution in [0.25, 0.3) is 0 Å². The summed E-state index contributed by atoms with van der Waals surface area (Å²) in [6.07, 6.45) is 3.93. The van der Waals surface area contributed by atoms with Crippen LogP contribution >= 0.6 is 23.4 Å². The van der Waals surface area contributed by atoms with Gasteiger partial charge in [-0.2, -0.15) is 0 Å². The molecule has 1 nitrogen and oxygen atoms in total. The molecule has 3 rings (SSSR count). The average molecular weight is 268 g/mol. The number of benzene rings is 1. The maximum absolute atomic E-state index is 6.06. The third kappa shape index (κ3) is 2.49. The molecular weight excluding hydrogens is 250 g/mol. The van der Waals surface area contributed by atoms with Gasteiger partial charge in [0.2, 0.25) is 0 Å². The molecule has 1 atom stereocenters. The van der Waals surface area contributed by atoms with Crippen molar-refractivity contribution in [2.45, 2.75) is 29.4 Å². The second-order valence-corrected chi connectivity index (χ2v) is 6.97. The van der Waals surface area contributed by atoms with Gasteiger partial charge in [0.05, 0.1) is 0 Å². The quantitative estimate of drug-likeness (QED) is 0.763. The fourth-order valence-corrected chi connectivity index (χ4v) is 4.60. The highest BCUT2D eigenvalue weighted by Gasteiger charge is 2.31. The molecule has 1 aromatic carbocycles. The highest BCUT2D eigenvalue weighted by molar-refractivity contribution is 8.00. The van der Waals surface area contributed by atoms with Gasteiger partial charge in [0.15, 0.2) is 0 Å². The Morgan fingerprint density at radius 1 is 1.29 bits per heavy atom. The highest BCUT2D eigenvalue weighted by atomic mass is 35.5. The van der Waals surface area contributed by atoms with E-state index in [1.165, 1.54) is 42.8 Å². The highest BCUT2D eigenvalue weighted by Crippen LogP contribution is 2.43. The lowest BCUT2D eigenvalue weighted by molar-refractivity contribution is 0.217. The number of thioether (sulfide) groups is 1.